The summed E-state index contributed by atoms with van der Waals surface area (Å²) in [6.45, 7) is 0.804. The fourth-order valence-corrected chi connectivity index (χ4v) is 2.33. The average Bonchev–Trinajstić information content (AvgIpc) is 3.06. The van der Waals surface area contributed by atoms with Gasteiger partial charge in [-0.05, 0) is 25.0 Å². The number of nitrogens with one attached hydrogen (secondary N) is 1. The molecular formula is C14H18N2O5. The largest absolute Gasteiger partial charge is 0.469 e. The summed E-state index contributed by atoms with van der Waals surface area (Å²) in [6, 6.07) is 3.12. The van der Waals surface area contributed by atoms with Gasteiger partial charge in [0.15, 0.2) is 5.76 Å². The van der Waals surface area contributed by atoms with E-state index in [1.807, 2.05) is 0 Å². The highest BCUT2D eigenvalue weighted by molar-refractivity contribution is 5.94. The third kappa shape index (κ3) is 3.84. The van der Waals surface area contributed by atoms with Gasteiger partial charge in [-0.3, -0.25) is 14.4 Å². The van der Waals surface area contributed by atoms with Crippen LogP contribution >= 0.6 is 0 Å². The van der Waals surface area contributed by atoms with Gasteiger partial charge in [-0.2, -0.15) is 0 Å². The number of rotatable bonds is 4. The number of furan rings is 1. The van der Waals surface area contributed by atoms with Crippen LogP contribution < -0.4 is 5.32 Å². The van der Waals surface area contributed by atoms with Crippen LogP contribution in [0.5, 0.6) is 0 Å². The van der Waals surface area contributed by atoms with E-state index in [9.17, 15) is 14.4 Å². The van der Waals surface area contributed by atoms with Crippen molar-refractivity contribution in [2.45, 2.75) is 12.8 Å². The van der Waals surface area contributed by atoms with E-state index in [2.05, 4.69) is 5.32 Å². The molecule has 2 heterocycles. The molecule has 1 atom stereocenters. The standard InChI is InChI=1S/C14H18N2O5/c1-20-14(19)10-4-2-6-16(9-10)12(17)8-15-13(18)11-5-3-7-21-11/h3,5,7,10H,2,4,6,8-9H2,1H3,(H,15,18)/t10-/m0/s1. The zero-order chi connectivity index (χ0) is 15.2. The minimum absolute atomic E-state index is 0.118. The quantitative estimate of drug-likeness (QED) is 0.813. The molecule has 1 aliphatic rings. The molecule has 1 saturated heterocycles. The molecule has 7 nitrogen and oxygen atoms in total. The van der Waals surface area contributed by atoms with Crippen LogP contribution in [-0.2, 0) is 14.3 Å². The van der Waals surface area contributed by atoms with Crippen molar-refractivity contribution in [3.8, 4) is 0 Å². The lowest BCUT2D eigenvalue weighted by molar-refractivity contribution is -0.148. The molecule has 0 unspecified atom stereocenters. The van der Waals surface area contributed by atoms with Crippen LogP contribution in [-0.4, -0.2) is 49.4 Å². The molecule has 114 valence electrons. The molecule has 0 aliphatic carbocycles. The first kappa shape index (κ1) is 15.1. The van der Waals surface area contributed by atoms with Crippen molar-refractivity contribution in [1.82, 2.24) is 10.2 Å². The number of carbonyl (C=O) groups is 3. The van der Waals surface area contributed by atoms with Crippen LogP contribution in [0.3, 0.4) is 0 Å². The molecule has 1 aliphatic heterocycles. The van der Waals surface area contributed by atoms with E-state index in [0.717, 1.165) is 12.8 Å². The number of carbonyl (C=O) groups excluding carboxylic acids is 3. The third-order valence-corrected chi connectivity index (χ3v) is 3.45. The van der Waals surface area contributed by atoms with Gasteiger partial charge in [0, 0.05) is 13.1 Å². The van der Waals surface area contributed by atoms with Crippen molar-refractivity contribution in [2.75, 3.05) is 26.7 Å². The summed E-state index contributed by atoms with van der Waals surface area (Å²) in [5, 5.41) is 2.50. The van der Waals surface area contributed by atoms with Crippen LogP contribution in [0.2, 0.25) is 0 Å². The number of nitrogens with zero attached hydrogens (tertiary/aromatic N) is 1. The number of hydrogen-bond donors (Lipinski definition) is 1. The molecule has 21 heavy (non-hydrogen) atoms. The summed E-state index contributed by atoms with van der Waals surface area (Å²) in [4.78, 5) is 36.8. The lowest BCUT2D eigenvalue weighted by Gasteiger charge is -2.31. The Morgan fingerprint density at radius 2 is 2.29 bits per heavy atom. The maximum absolute atomic E-state index is 12.1. The highest BCUT2D eigenvalue weighted by Crippen LogP contribution is 2.17. The van der Waals surface area contributed by atoms with E-state index in [0.29, 0.717) is 13.1 Å². The van der Waals surface area contributed by atoms with E-state index in [1.54, 1.807) is 11.0 Å². The molecule has 7 heteroatoms. The Bertz CT molecular complexity index is 511. The number of ether oxygens (including phenoxy) is 1. The maximum atomic E-state index is 12.1. The van der Waals surface area contributed by atoms with Gasteiger partial charge in [0.05, 0.1) is 25.8 Å². The molecule has 2 amide bonds. The summed E-state index contributed by atoms with van der Waals surface area (Å²) >= 11 is 0. The Kier molecular flexibility index (Phi) is 4.97. The highest BCUT2D eigenvalue weighted by Gasteiger charge is 2.29. The second-order valence-corrected chi connectivity index (χ2v) is 4.86. The minimum atomic E-state index is -0.435. The molecule has 0 saturated carbocycles. The Hall–Kier alpha value is -2.31. The number of likely N-dealkylation sites (tertiary alicyclic amines) is 1. The predicted molar refractivity (Wildman–Crippen MR) is 72.4 cm³/mol. The molecule has 0 bridgehead atoms. The summed E-state index contributed by atoms with van der Waals surface area (Å²) in [5.41, 5.74) is 0. The van der Waals surface area contributed by atoms with Gasteiger partial charge in [0.1, 0.15) is 0 Å². The molecule has 1 fully saturated rings. The fourth-order valence-electron chi connectivity index (χ4n) is 2.33. The second-order valence-electron chi connectivity index (χ2n) is 4.86. The summed E-state index contributed by atoms with van der Waals surface area (Å²) in [7, 11) is 1.34. The Labute approximate surface area is 122 Å². The smallest absolute Gasteiger partial charge is 0.310 e. The first-order chi connectivity index (χ1) is 10.1. The topological polar surface area (TPSA) is 88.9 Å². The zero-order valence-electron chi connectivity index (χ0n) is 11.8. The van der Waals surface area contributed by atoms with E-state index in [1.165, 1.54) is 19.4 Å². The molecule has 0 spiro atoms. The van der Waals surface area contributed by atoms with Crippen LogP contribution in [0, 0.1) is 5.92 Å². The van der Waals surface area contributed by atoms with Crippen molar-refractivity contribution in [3.05, 3.63) is 24.2 Å². The van der Waals surface area contributed by atoms with Gasteiger partial charge >= 0.3 is 5.97 Å². The molecule has 1 aromatic heterocycles. The summed E-state index contributed by atoms with van der Waals surface area (Å²) in [6.07, 6.45) is 2.86. The number of amides is 2. The molecular weight excluding hydrogens is 276 g/mol. The van der Waals surface area contributed by atoms with Gasteiger partial charge in [0.25, 0.3) is 5.91 Å². The van der Waals surface area contributed by atoms with E-state index in [4.69, 9.17) is 9.15 Å². The van der Waals surface area contributed by atoms with Gasteiger partial charge in [-0.25, -0.2) is 0 Å². The average molecular weight is 294 g/mol. The Morgan fingerprint density at radius 3 is 2.95 bits per heavy atom. The van der Waals surface area contributed by atoms with Gasteiger partial charge < -0.3 is 19.4 Å². The fraction of sp³-hybridized carbons (Fsp3) is 0.500. The Balaban J connectivity index is 1.82. The third-order valence-electron chi connectivity index (χ3n) is 3.45. The molecule has 0 radical (unpaired) electrons. The minimum Gasteiger partial charge on any atom is -0.469 e. The van der Waals surface area contributed by atoms with Crippen LogP contribution in [0.4, 0.5) is 0 Å². The first-order valence-electron chi connectivity index (χ1n) is 6.79. The normalized spacial score (nSPS) is 18.1. The first-order valence-corrected chi connectivity index (χ1v) is 6.79. The van der Waals surface area contributed by atoms with Crippen molar-refractivity contribution in [3.63, 3.8) is 0 Å². The summed E-state index contributed by atoms with van der Waals surface area (Å²) < 4.78 is 9.64. The maximum Gasteiger partial charge on any atom is 0.310 e. The predicted octanol–water partition coefficient (Wildman–Crippen LogP) is 0.421. The van der Waals surface area contributed by atoms with E-state index in [-0.39, 0.29) is 30.1 Å². The molecule has 2 rings (SSSR count). The molecule has 1 aromatic rings. The van der Waals surface area contributed by atoms with Crippen LogP contribution in [0.15, 0.2) is 22.8 Å². The SMILES string of the molecule is COC(=O)[C@H]1CCCN(C(=O)CNC(=O)c2ccco2)C1. The zero-order valence-corrected chi connectivity index (χ0v) is 11.8. The van der Waals surface area contributed by atoms with Crippen LogP contribution in [0.1, 0.15) is 23.4 Å². The van der Waals surface area contributed by atoms with Gasteiger partial charge in [-0.15, -0.1) is 0 Å². The van der Waals surface area contributed by atoms with Gasteiger partial charge in [-0.1, -0.05) is 0 Å². The molecule has 1 N–H and O–H groups in total. The van der Waals surface area contributed by atoms with Crippen molar-refractivity contribution < 1.29 is 23.5 Å². The number of methoxy groups -OCH3 is 1. The van der Waals surface area contributed by atoms with E-state index < -0.39 is 5.91 Å². The van der Waals surface area contributed by atoms with Gasteiger partial charge in [0.2, 0.25) is 5.91 Å². The lowest BCUT2D eigenvalue weighted by Crippen LogP contribution is -2.46. The lowest BCUT2D eigenvalue weighted by atomic mass is 9.98. The number of hydrogen-bond acceptors (Lipinski definition) is 5. The number of esters is 1. The monoisotopic (exact) mass is 294 g/mol. The van der Waals surface area contributed by atoms with Crippen molar-refractivity contribution in [1.29, 1.82) is 0 Å². The number of piperidine rings is 1. The van der Waals surface area contributed by atoms with Crippen LogP contribution in [0.25, 0.3) is 0 Å². The highest BCUT2D eigenvalue weighted by atomic mass is 16.5. The molecule has 0 aromatic carbocycles. The van der Waals surface area contributed by atoms with Crippen molar-refractivity contribution >= 4 is 17.8 Å². The van der Waals surface area contributed by atoms with Crippen molar-refractivity contribution in [2.24, 2.45) is 5.92 Å². The summed E-state index contributed by atoms with van der Waals surface area (Å²) in [5.74, 6) is -1.08. The second kappa shape index (κ2) is 6.92. The van der Waals surface area contributed by atoms with E-state index >= 15 is 0 Å². The Morgan fingerprint density at radius 1 is 1.48 bits per heavy atom.